The topological polar surface area (TPSA) is 49.3 Å². The van der Waals surface area contributed by atoms with E-state index in [1.165, 1.54) is 0 Å². The molecule has 0 aromatic carbocycles. The number of hydrogen-bond acceptors (Lipinski definition) is 2. The molecule has 3 nitrogen and oxygen atoms in total. The summed E-state index contributed by atoms with van der Waals surface area (Å²) in [7, 11) is 0. The summed E-state index contributed by atoms with van der Waals surface area (Å²) in [6.45, 7) is 0. The highest BCUT2D eigenvalue weighted by Gasteiger charge is 2.60. The zero-order valence-corrected chi connectivity index (χ0v) is 7.27. The van der Waals surface area contributed by atoms with Crippen molar-refractivity contribution in [3.63, 3.8) is 0 Å². The van der Waals surface area contributed by atoms with Gasteiger partial charge in [-0.3, -0.25) is 10.1 Å². The molecule has 0 aromatic heterocycles. The standard InChI is InChI=1S/C8H10F3NO2/c9-8(10,11)4-1-5-3-7(2-4,12-5)6(13)14/h4-5,12H,1-3H2,(H,13,14). The van der Waals surface area contributed by atoms with Crippen LogP contribution < -0.4 is 5.32 Å². The van der Waals surface area contributed by atoms with Crippen LogP contribution in [0.2, 0.25) is 0 Å². The fraction of sp³-hybridized carbons (Fsp3) is 0.875. The summed E-state index contributed by atoms with van der Waals surface area (Å²) in [5.41, 5.74) is -1.30. The molecule has 2 saturated heterocycles. The molecule has 0 spiro atoms. The average Bonchev–Trinajstić information content (AvgIpc) is 2.00. The summed E-state index contributed by atoms with van der Waals surface area (Å²) in [6, 6.07) is -0.272. The molecule has 6 heteroatoms. The number of alkyl halides is 3. The predicted octanol–water partition coefficient (Wildman–Crippen LogP) is 1.14. The van der Waals surface area contributed by atoms with E-state index in [9.17, 15) is 18.0 Å². The quantitative estimate of drug-likeness (QED) is 0.681. The third-order valence-corrected chi connectivity index (χ3v) is 3.11. The highest BCUT2D eigenvalue weighted by Crippen LogP contribution is 2.47. The van der Waals surface area contributed by atoms with E-state index in [1.807, 2.05) is 0 Å². The number of carboxylic acids is 1. The molecule has 2 bridgehead atoms. The predicted molar refractivity (Wildman–Crippen MR) is 40.7 cm³/mol. The Morgan fingerprint density at radius 2 is 2.00 bits per heavy atom. The van der Waals surface area contributed by atoms with Gasteiger partial charge in [-0.2, -0.15) is 13.2 Å². The molecule has 0 aromatic rings. The van der Waals surface area contributed by atoms with Gasteiger partial charge in [-0.1, -0.05) is 0 Å². The van der Waals surface area contributed by atoms with Gasteiger partial charge < -0.3 is 5.11 Å². The van der Waals surface area contributed by atoms with Gasteiger partial charge >= 0.3 is 12.1 Å². The van der Waals surface area contributed by atoms with Crippen LogP contribution in [-0.2, 0) is 4.79 Å². The number of carbonyl (C=O) groups is 1. The van der Waals surface area contributed by atoms with Crippen molar-refractivity contribution in [2.24, 2.45) is 5.92 Å². The average molecular weight is 209 g/mol. The zero-order chi connectivity index (χ0) is 10.6. The van der Waals surface area contributed by atoms with E-state index in [4.69, 9.17) is 5.11 Å². The van der Waals surface area contributed by atoms with E-state index >= 15 is 0 Å². The van der Waals surface area contributed by atoms with E-state index in [-0.39, 0.29) is 18.9 Å². The fourth-order valence-corrected chi connectivity index (χ4v) is 2.41. The Balaban J connectivity index is 2.12. The molecule has 2 heterocycles. The Labute approximate surface area is 78.3 Å². The largest absolute Gasteiger partial charge is 0.480 e. The van der Waals surface area contributed by atoms with E-state index in [0.29, 0.717) is 6.42 Å². The molecule has 2 N–H and O–H groups in total. The Morgan fingerprint density at radius 1 is 1.43 bits per heavy atom. The highest BCUT2D eigenvalue weighted by molar-refractivity contribution is 5.80. The van der Waals surface area contributed by atoms with Gasteiger partial charge in [0.1, 0.15) is 5.54 Å². The fourth-order valence-electron chi connectivity index (χ4n) is 2.41. The van der Waals surface area contributed by atoms with Gasteiger partial charge in [0.2, 0.25) is 0 Å². The lowest BCUT2D eigenvalue weighted by molar-refractivity contribution is -0.207. The minimum atomic E-state index is -4.26. The van der Waals surface area contributed by atoms with Crippen LogP contribution in [0, 0.1) is 5.92 Å². The van der Waals surface area contributed by atoms with Gasteiger partial charge in [0.15, 0.2) is 0 Å². The summed E-state index contributed by atoms with van der Waals surface area (Å²) < 4.78 is 37.0. The minimum absolute atomic E-state index is 0.0124. The van der Waals surface area contributed by atoms with Crippen molar-refractivity contribution in [1.82, 2.24) is 5.32 Å². The summed E-state index contributed by atoms with van der Waals surface area (Å²) in [4.78, 5) is 10.8. The molecule has 0 amide bonds. The molecule has 1 aliphatic carbocycles. The van der Waals surface area contributed by atoms with Gasteiger partial charge in [0.05, 0.1) is 5.92 Å². The number of halogens is 3. The van der Waals surface area contributed by atoms with Crippen LogP contribution in [0.1, 0.15) is 19.3 Å². The highest BCUT2D eigenvalue weighted by atomic mass is 19.4. The smallest absolute Gasteiger partial charge is 0.391 e. The number of aliphatic carboxylic acids is 1. The number of rotatable bonds is 1. The number of hydrogen-bond donors (Lipinski definition) is 2. The van der Waals surface area contributed by atoms with Crippen molar-refractivity contribution in [3.8, 4) is 0 Å². The third-order valence-electron chi connectivity index (χ3n) is 3.11. The molecular weight excluding hydrogens is 199 g/mol. The molecular formula is C8H10F3NO2. The number of fused-ring (bicyclic) bond motifs is 2. The first-order valence-corrected chi connectivity index (χ1v) is 4.41. The van der Waals surface area contributed by atoms with E-state index < -0.39 is 23.6 Å². The summed E-state index contributed by atoms with van der Waals surface area (Å²) >= 11 is 0. The molecule has 3 fully saturated rings. The van der Waals surface area contributed by atoms with Crippen LogP contribution in [0.4, 0.5) is 13.2 Å². The summed E-state index contributed by atoms with van der Waals surface area (Å²) in [5.74, 6) is -2.62. The first kappa shape index (κ1) is 9.76. The van der Waals surface area contributed by atoms with Gasteiger partial charge in [0, 0.05) is 6.04 Å². The van der Waals surface area contributed by atoms with Crippen molar-refractivity contribution in [1.29, 1.82) is 0 Å². The van der Waals surface area contributed by atoms with Crippen LogP contribution in [0.3, 0.4) is 0 Å². The second kappa shape index (κ2) is 2.62. The van der Waals surface area contributed by atoms with E-state index in [2.05, 4.69) is 5.32 Å². The molecule has 14 heavy (non-hydrogen) atoms. The van der Waals surface area contributed by atoms with Gasteiger partial charge in [-0.15, -0.1) is 0 Å². The molecule has 80 valence electrons. The van der Waals surface area contributed by atoms with Crippen molar-refractivity contribution in [2.75, 3.05) is 0 Å². The van der Waals surface area contributed by atoms with Crippen molar-refractivity contribution >= 4 is 5.97 Å². The van der Waals surface area contributed by atoms with Crippen LogP contribution in [0.15, 0.2) is 0 Å². The SMILES string of the molecule is O=C(O)C12CC(CC(C(F)(F)F)C1)N2. The molecule has 1 saturated carbocycles. The Bertz CT molecular complexity index is 270. The molecule has 3 unspecified atom stereocenters. The second-order valence-electron chi connectivity index (χ2n) is 4.11. The van der Waals surface area contributed by atoms with Crippen molar-refractivity contribution < 1.29 is 23.1 Å². The van der Waals surface area contributed by atoms with Crippen molar-refractivity contribution in [2.45, 2.75) is 37.0 Å². The maximum Gasteiger partial charge on any atom is 0.391 e. The molecule has 3 atom stereocenters. The van der Waals surface area contributed by atoms with Gasteiger partial charge in [-0.05, 0) is 19.3 Å². The normalized spacial score (nSPS) is 41.6. The number of carboxylic acid groups (broad SMARTS) is 1. The molecule has 3 aliphatic rings. The second-order valence-corrected chi connectivity index (χ2v) is 4.11. The lowest BCUT2D eigenvalue weighted by Crippen LogP contribution is -2.72. The third kappa shape index (κ3) is 1.28. The Morgan fingerprint density at radius 3 is 2.43 bits per heavy atom. The van der Waals surface area contributed by atoms with Gasteiger partial charge in [0.25, 0.3) is 0 Å². The first-order valence-electron chi connectivity index (χ1n) is 4.41. The molecule has 3 rings (SSSR count). The monoisotopic (exact) mass is 209 g/mol. The van der Waals surface area contributed by atoms with E-state index in [1.54, 1.807) is 0 Å². The summed E-state index contributed by atoms with van der Waals surface area (Å²) in [5, 5.41) is 11.5. The maximum absolute atomic E-state index is 12.3. The van der Waals surface area contributed by atoms with Crippen LogP contribution >= 0.6 is 0 Å². The van der Waals surface area contributed by atoms with Crippen LogP contribution in [0.5, 0.6) is 0 Å². The van der Waals surface area contributed by atoms with Crippen LogP contribution in [-0.4, -0.2) is 28.8 Å². The molecule has 0 radical (unpaired) electrons. The zero-order valence-electron chi connectivity index (χ0n) is 7.27. The Hall–Kier alpha value is -0.780. The maximum atomic E-state index is 12.3. The lowest BCUT2D eigenvalue weighted by atomic mass is 9.66. The minimum Gasteiger partial charge on any atom is -0.480 e. The van der Waals surface area contributed by atoms with Gasteiger partial charge in [-0.25, -0.2) is 0 Å². The summed E-state index contributed by atoms with van der Waals surface area (Å²) in [6.07, 6.45) is -4.25. The first-order chi connectivity index (χ1) is 6.33. The lowest BCUT2D eigenvalue weighted by Gasteiger charge is -2.53. The Kier molecular flexibility index (Phi) is 1.83. The van der Waals surface area contributed by atoms with Crippen LogP contribution in [0.25, 0.3) is 0 Å². The van der Waals surface area contributed by atoms with Crippen molar-refractivity contribution in [3.05, 3.63) is 0 Å². The number of nitrogens with one attached hydrogen (secondary N) is 1. The molecule has 2 aliphatic heterocycles. The van der Waals surface area contributed by atoms with E-state index in [0.717, 1.165) is 0 Å². The number of piperidine rings is 1.